The molecule has 0 bridgehead atoms. The number of hydrogen-bond donors (Lipinski definition) is 1. The van der Waals surface area contributed by atoms with Crippen LogP contribution >= 0.6 is 0 Å². The Kier molecular flexibility index (Phi) is 5.86. The number of rotatable bonds is 7. The number of methoxy groups -OCH3 is 1. The maximum atomic E-state index is 12.7. The Balaban J connectivity index is 1.73. The van der Waals surface area contributed by atoms with Crippen LogP contribution in [0.4, 0.5) is 0 Å². The molecule has 6 heteroatoms. The summed E-state index contributed by atoms with van der Waals surface area (Å²) in [7, 11) is 3.53. The van der Waals surface area contributed by atoms with Crippen molar-refractivity contribution in [1.82, 2.24) is 19.9 Å². The molecule has 1 aromatic carbocycles. The maximum Gasteiger partial charge on any atom is 0.251 e. The molecule has 1 atom stereocenters. The number of imidazole rings is 1. The summed E-state index contributed by atoms with van der Waals surface area (Å²) in [6, 6.07) is 11.2. The fourth-order valence-corrected chi connectivity index (χ4v) is 2.99. The Labute approximate surface area is 159 Å². The fraction of sp³-hybridized carbons (Fsp3) is 0.286. The number of carbonyl (C=O) groups is 1. The smallest absolute Gasteiger partial charge is 0.251 e. The first kappa shape index (κ1) is 18.6. The van der Waals surface area contributed by atoms with E-state index < -0.39 is 0 Å². The molecule has 6 nitrogen and oxygen atoms in total. The molecule has 1 amide bonds. The van der Waals surface area contributed by atoms with Gasteiger partial charge in [-0.1, -0.05) is 25.5 Å². The highest BCUT2D eigenvalue weighted by Gasteiger charge is 2.18. The Morgan fingerprint density at radius 2 is 1.89 bits per heavy atom. The lowest BCUT2D eigenvalue weighted by Gasteiger charge is -2.18. The molecule has 0 aliphatic carbocycles. The molecule has 3 aromatic rings. The summed E-state index contributed by atoms with van der Waals surface area (Å²) in [6.07, 6.45) is 7.20. The van der Waals surface area contributed by atoms with E-state index in [1.54, 1.807) is 19.5 Å². The topological polar surface area (TPSA) is 69.0 Å². The Morgan fingerprint density at radius 1 is 1.15 bits per heavy atom. The van der Waals surface area contributed by atoms with E-state index in [1.165, 1.54) is 0 Å². The van der Waals surface area contributed by atoms with Crippen LogP contribution in [0.15, 0.2) is 55.0 Å². The van der Waals surface area contributed by atoms with Crippen LogP contribution < -0.4 is 10.1 Å². The van der Waals surface area contributed by atoms with Gasteiger partial charge in [0, 0.05) is 42.8 Å². The average molecular weight is 364 g/mol. The number of amides is 1. The summed E-state index contributed by atoms with van der Waals surface area (Å²) < 4.78 is 7.03. The Morgan fingerprint density at radius 3 is 2.44 bits per heavy atom. The highest BCUT2D eigenvalue weighted by molar-refractivity contribution is 5.94. The molecule has 0 aliphatic rings. The minimum absolute atomic E-state index is 0.101. The van der Waals surface area contributed by atoms with Gasteiger partial charge in [0.15, 0.2) is 0 Å². The van der Waals surface area contributed by atoms with Crippen LogP contribution in [0.5, 0.6) is 5.88 Å². The highest BCUT2D eigenvalue weighted by atomic mass is 16.5. The zero-order valence-electron chi connectivity index (χ0n) is 15.8. The van der Waals surface area contributed by atoms with Crippen molar-refractivity contribution in [2.45, 2.75) is 25.8 Å². The Hall–Kier alpha value is -3.15. The summed E-state index contributed by atoms with van der Waals surface area (Å²) in [4.78, 5) is 21.3. The molecule has 0 unspecified atom stereocenters. The van der Waals surface area contributed by atoms with Crippen LogP contribution in [-0.4, -0.2) is 27.6 Å². The number of aryl methyl sites for hydroxylation is 1. The van der Waals surface area contributed by atoms with Gasteiger partial charge in [-0.2, -0.15) is 0 Å². The monoisotopic (exact) mass is 364 g/mol. The van der Waals surface area contributed by atoms with Gasteiger partial charge < -0.3 is 14.6 Å². The molecule has 0 saturated carbocycles. The predicted molar refractivity (Wildman–Crippen MR) is 105 cm³/mol. The molecule has 3 rings (SSSR count). The summed E-state index contributed by atoms with van der Waals surface area (Å²) in [5, 5.41) is 3.10. The van der Waals surface area contributed by atoms with Crippen molar-refractivity contribution in [3.8, 4) is 17.0 Å². The Bertz CT molecular complexity index is 885. The second-order valence-electron chi connectivity index (χ2n) is 6.38. The molecule has 0 saturated heterocycles. The summed E-state index contributed by atoms with van der Waals surface area (Å²) in [5.74, 6) is 1.34. The zero-order valence-corrected chi connectivity index (χ0v) is 15.8. The van der Waals surface area contributed by atoms with Crippen molar-refractivity contribution in [3.63, 3.8) is 0 Å². The zero-order chi connectivity index (χ0) is 19.2. The fourth-order valence-electron chi connectivity index (χ4n) is 2.99. The second-order valence-corrected chi connectivity index (χ2v) is 6.38. The van der Waals surface area contributed by atoms with Gasteiger partial charge in [0.25, 0.3) is 5.91 Å². The lowest BCUT2D eigenvalue weighted by atomic mass is 10.0. The number of aromatic nitrogens is 3. The molecule has 0 spiro atoms. The van der Waals surface area contributed by atoms with Gasteiger partial charge >= 0.3 is 0 Å². The third kappa shape index (κ3) is 4.34. The molecule has 2 heterocycles. The van der Waals surface area contributed by atoms with Gasteiger partial charge in [0.05, 0.1) is 13.2 Å². The number of nitrogens with zero attached hydrogens (tertiary/aromatic N) is 3. The first-order valence-corrected chi connectivity index (χ1v) is 9.01. The minimum Gasteiger partial charge on any atom is -0.481 e. The minimum atomic E-state index is -0.104. The van der Waals surface area contributed by atoms with E-state index in [1.807, 2.05) is 54.2 Å². The quantitative estimate of drug-likeness (QED) is 0.693. The normalized spacial score (nSPS) is 11.8. The average Bonchev–Trinajstić information content (AvgIpc) is 3.13. The van der Waals surface area contributed by atoms with Crippen LogP contribution in [0.25, 0.3) is 11.1 Å². The van der Waals surface area contributed by atoms with Crippen LogP contribution in [0, 0.1) is 0 Å². The summed E-state index contributed by atoms with van der Waals surface area (Å²) in [5.41, 5.74) is 2.59. The van der Waals surface area contributed by atoms with E-state index in [2.05, 4.69) is 22.2 Å². The molecular weight excluding hydrogens is 340 g/mol. The number of nitrogens with one attached hydrogen (secondary N) is 1. The van der Waals surface area contributed by atoms with Crippen molar-refractivity contribution in [3.05, 3.63) is 66.4 Å². The van der Waals surface area contributed by atoms with Crippen molar-refractivity contribution in [2.75, 3.05) is 7.11 Å². The van der Waals surface area contributed by atoms with E-state index in [0.717, 1.165) is 29.8 Å². The first-order valence-electron chi connectivity index (χ1n) is 9.01. The van der Waals surface area contributed by atoms with Crippen molar-refractivity contribution in [1.29, 1.82) is 0 Å². The lowest BCUT2D eigenvalue weighted by Crippen LogP contribution is -2.30. The van der Waals surface area contributed by atoms with Gasteiger partial charge in [-0.3, -0.25) is 4.79 Å². The molecule has 0 fully saturated rings. The third-order valence-corrected chi connectivity index (χ3v) is 4.48. The van der Waals surface area contributed by atoms with Crippen LogP contribution in [0.3, 0.4) is 0 Å². The molecule has 1 N–H and O–H groups in total. The van der Waals surface area contributed by atoms with Gasteiger partial charge in [0.1, 0.15) is 5.82 Å². The van der Waals surface area contributed by atoms with Gasteiger partial charge in [-0.25, -0.2) is 9.97 Å². The van der Waals surface area contributed by atoms with E-state index in [4.69, 9.17) is 4.74 Å². The largest absolute Gasteiger partial charge is 0.481 e. The molecule has 0 radical (unpaired) electrons. The maximum absolute atomic E-state index is 12.7. The summed E-state index contributed by atoms with van der Waals surface area (Å²) >= 11 is 0. The van der Waals surface area contributed by atoms with E-state index in [-0.39, 0.29) is 11.9 Å². The van der Waals surface area contributed by atoms with Crippen LogP contribution in [-0.2, 0) is 7.05 Å². The highest BCUT2D eigenvalue weighted by Crippen LogP contribution is 2.22. The number of ether oxygens (including phenoxy) is 1. The van der Waals surface area contributed by atoms with Gasteiger partial charge in [-0.05, 0) is 30.2 Å². The number of pyridine rings is 1. The molecule has 27 heavy (non-hydrogen) atoms. The number of carbonyl (C=O) groups excluding carboxylic acids is 1. The van der Waals surface area contributed by atoms with Crippen LogP contribution in [0.2, 0.25) is 0 Å². The van der Waals surface area contributed by atoms with Crippen molar-refractivity contribution < 1.29 is 9.53 Å². The molecule has 2 aromatic heterocycles. The van der Waals surface area contributed by atoms with Gasteiger partial charge in [0.2, 0.25) is 5.88 Å². The number of hydrogen-bond acceptors (Lipinski definition) is 4. The molecular formula is C21H24N4O2. The molecule has 0 aliphatic heterocycles. The lowest BCUT2D eigenvalue weighted by molar-refractivity contribution is 0.0932. The first-order chi connectivity index (χ1) is 13.1. The van der Waals surface area contributed by atoms with E-state index >= 15 is 0 Å². The third-order valence-electron chi connectivity index (χ3n) is 4.48. The molecule has 140 valence electrons. The van der Waals surface area contributed by atoms with E-state index in [9.17, 15) is 4.79 Å². The van der Waals surface area contributed by atoms with Crippen molar-refractivity contribution >= 4 is 5.91 Å². The second kappa shape index (κ2) is 8.49. The van der Waals surface area contributed by atoms with Gasteiger partial charge in [-0.15, -0.1) is 0 Å². The standard InChI is InChI=1S/C21H24N4O2/c1-4-5-18(20-22-12-13-25(20)2)24-21(26)16-8-6-15(7-9-16)17-10-11-19(27-3)23-14-17/h6-14,18H,4-5H2,1-3H3,(H,24,26)/t18-/m1/s1. The predicted octanol–water partition coefficient (Wildman–Crippen LogP) is 3.76. The van der Waals surface area contributed by atoms with Crippen molar-refractivity contribution in [2.24, 2.45) is 7.05 Å². The van der Waals surface area contributed by atoms with E-state index in [0.29, 0.717) is 11.4 Å². The van der Waals surface area contributed by atoms with Crippen LogP contribution in [0.1, 0.15) is 42.0 Å². The number of benzene rings is 1. The SMILES string of the molecule is CCC[C@@H](NC(=O)c1ccc(-c2ccc(OC)nc2)cc1)c1nccn1C. The summed E-state index contributed by atoms with van der Waals surface area (Å²) in [6.45, 7) is 2.10.